The zero-order valence-electron chi connectivity index (χ0n) is 54.5. The minimum Gasteiger partial charge on any atom is -0.377 e. The molecule has 0 bridgehead atoms. The smallest absolute Gasteiger partial charge is 0.232 e. The zero-order valence-corrected chi connectivity index (χ0v) is 54.5. The van der Waals surface area contributed by atoms with E-state index in [0.29, 0.717) is 65.4 Å². The fourth-order valence-corrected chi connectivity index (χ4v) is 12.9. The van der Waals surface area contributed by atoms with Gasteiger partial charge in [-0.15, -0.1) is 0 Å². The Morgan fingerprint density at radius 2 is 0.849 bits per heavy atom. The number of hydrogen-bond donors (Lipinski definition) is 1. The fraction of sp³-hybridized carbons (Fsp3) is 0.951. The first kappa shape index (κ1) is 72.9. The van der Waals surface area contributed by atoms with Gasteiger partial charge in [-0.25, -0.2) is 0 Å². The van der Waals surface area contributed by atoms with Gasteiger partial charge in [0, 0.05) is 93.5 Å². The second-order valence-corrected chi connectivity index (χ2v) is 23.7. The third-order valence-corrected chi connectivity index (χ3v) is 18.3. The maximum Gasteiger partial charge on any atom is 0.232 e. The van der Waals surface area contributed by atoms with E-state index in [1.807, 2.05) is 20.8 Å². The quantitative estimate of drug-likeness (QED) is 0.0681. The van der Waals surface area contributed by atoms with Crippen LogP contribution in [0.15, 0.2) is 0 Å². The largest absolute Gasteiger partial charge is 0.377 e. The third kappa shape index (κ3) is 18.1. The van der Waals surface area contributed by atoms with Crippen molar-refractivity contribution >= 4 is 17.7 Å². The van der Waals surface area contributed by atoms with Crippen LogP contribution >= 0.6 is 0 Å². The lowest BCUT2D eigenvalue weighted by Gasteiger charge is -2.52. The van der Waals surface area contributed by atoms with Crippen molar-refractivity contribution < 1.29 is 109 Å². The molecule has 0 aliphatic carbocycles. The van der Waals surface area contributed by atoms with Gasteiger partial charge in [0.25, 0.3) is 0 Å². The Kier molecular flexibility index (Phi) is 30.6. The first-order valence-corrected chi connectivity index (χ1v) is 31.4. The predicted molar refractivity (Wildman–Crippen MR) is 308 cm³/mol. The van der Waals surface area contributed by atoms with E-state index in [4.69, 9.17) is 94.7 Å². The summed E-state index contributed by atoms with van der Waals surface area (Å²) >= 11 is 0. The summed E-state index contributed by atoms with van der Waals surface area (Å²) in [7, 11) is 11.4. The lowest BCUT2D eigenvalue weighted by atomic mass is 9.83. The molecular weight excluding hydrogens is 1130 g/mol. The number of carbonyl (C=O) groups is 3. The van der Waals surface area contributed by atoms with Crippen molar-refractivity contribution in [2.45, 2.75) is 237 Å². The van der Waals surface area contributed by atoms with Gasteiger partial charge in [-0.3, -0.25) is 19.3 Å². The van der Waals surface area contributed by atoms with Crippen LogP contribution in [0.1, 0.15) is 108 Å². The molecule has 500 valence electrons. The number of hydrogen-bond acceptors (Lipinski definition) is 23. The van der Waals surface area contributed by atoms with E-state index in [-0.39, 0.29) is 97.9 Å². The number of nitrogens with one attached hydrogen (secondary N) is 1. The van der Waals surface area contributed by atoms with Gasteiger partial charge in [0.1, 0.15) is 54.9 Å². The maximum atomic E-state index is 12.2. The van der Waals surface area contributed by atoms with Gasteiger partial charge in [0.05, 0.1) is 89.0 Å². The molecule has 6 rings (SSSR count). The monoisotopic (exact) mass is 1240 g/mol. The number of nitrogens with zero attached hydrogens (tertiary/aromatic N) is 1. The van der Waals surface area contributed by atoms with Gasteiger partial charge in [-0.05, 0) is 51.4 Å². The van der Waals surface area contributed by atoms with E-state index in [2.05, 4.69) is 46.9 Å². The van der Waals surface area contributed by atoms with E-state index < -0.39 is 105 Å². The molecule has 25 heteroatoms. The molecule has 6 aliphatic rings. The number of amides is 3. The molecule has 6 heterocycles. The molecule has 1 N–H and O–H groups in total. The molecule has 86 heavy (non-hydrogen) atoms. The molecule has 26 atom stereocenters. The second-order valence-electron chi connectivity index (χ2n) is 23.7. The van der Waals surface area contributed by atoms with Crippen LogP contribution in [0.3, 0.4) is 0 Å². The van der Waals surface area contributed by atoms with Gasteiger partial charge in [-0.1, -0.05) is 55.4 Å². The maximum absolute atomic E-state index is 12.2. The molecule has 0 radical (unpaired) electrons. The topological polar surface area (TPSA) is 251 Å². The van der Waals surface area contributed by atoms with Gasteiger partial charge >= 0.3 is 0 Å². The molecule has 0 saturated carbocycles. The molecule has 0 aromatic rings. The van der Waals surface area contributed by atoms with E-state index >= 15 is 0 Å². The summed E-state index contributed by atoms with van der Waals surface area (Å²) in [6, 6.07) is 0. The summed E-state index contributed by atoms with van der Waals surface area (Å²) in [5, 5.41) is 2.79. The Labute approximate surface area is 511 Å². The van der Waals surface area contributed by atoms with Crippen LogP contribution in [0.25, 0.3) is 0 Å². The molecule has 6 fully saturated rings. The number of rotatable bonds is 35. The fourth-order valence-electron chi connectivity index (χ4n) is 12.9. The van der Waals surface area contributed by atoms with Crippen LogP contribution in [-0.4, -0.2) is 261 Å². The van der Waals surface area contributed by atoms with E-state index in [9.17, 15) is 14.4 Å². The van der Waals surface area contributed by atoms with Crippen molar-refractivity contribution in [3.8, 4) is 0 Å². The van der Waals surface area contributed by atoms with Gasteiger partial charge in [-0.2, -0.15) is 0 Å². The Morgan fingerprint density at radius 1 is 0.453 bits per heavy atom. The predicted octanol–water partition coefficient (Wildman–Crippen LogP) is 4.43. The van der Waals surface area contributed by atoms with Crippen LogP contribution in [0, 0.1) is 29.6 Å². The van der Waals surface area contributed by atoms with Crippen molar-refractivity contribution in [1.29, 1.82) is 0 Å². The number of ether oxygens (including phenoxy) is 20. The van der Waals surface area contributed by atoms with Crippen molar-refractivity contribution in [2.24, 2.45) is 29.6 Å². The molecule has 1 unspecified atom stereocenters. The van der Waals surface area contributed by atoms with E-state index in [1.165, 1.54) is 4.90 Å². The highest BCUT2D eigenvalue weighted by Gasteiger charge is 2.56. The van der Waals surface area contributed by atoms with Gasteiger partial charge in [0.2, 0.25) is 17.7 Å². The highest BCUT2D eigenvalue weighted by molar-refractivity contribution is 6.03. The summed E-state index contributed by atoms with van der Waals surface area (Å²) in [5.41, 5.74) is 0. The lowest BCUT2D eigenvalue weighted by Crippen LogP contribution is -2.65. The third-order valence-electron chi connectivity index (χ3n) is 18.3. The highest BCUT2D eigenvalue weighted by atomic mass is 16.8. The first-order chi connectivity index (χ1) is 41.4. The van der Waals surface area contributed by atoms with E-state index in [1.54, 1.807) is 56.7 Å². The SMILES string of the molecule is CC[C@H]1O[C@H](OC)[C@H](C)[C@@H](C)[C@@H]1O[C@@H]1O[C@@H](C)[C@@H](O[C@H]2O[C@H](CC)[C@@H](O[C@@H]3O[C@H](C)[C@@H](O[C@H]4O[C@H](CC)[C@@H](OCCOCCOCCOCCNC(=O)CCCN5C(=O)CC(C)C5=O)[C@H](OC)[C@H]4OC)[C@H](OC)[C@H]3OC)[C@H](C)[C@H]2C)[C@H](OC)[C@H]1OC. The summed E-state index contributed by atoms with van der Waals surface area (Å²) < 4.78 is 127. The van der Waals surface area contributed by atoms with Crippen molar-refractivity contribution in [3.63, 3.8) is 0 Å². The molecule has 25 nitrogen and oxygen atoms in total. The Balaban J connectivity index is 0.943. The molecule has 0 aromatic heterocycles. The van der Waals surface area contributed by atoms with Crippen molar-refractivity contribution in [3.05, 3.63) is 0 Å². The van der Waals surface area contributed by atoms with E-state index in [0.717, 1.165) is 6.42 Å². The standard InChI is InChI=1S/C61H108N2O23/c1-18-40-45(34(5)36(7)57(73-17)80-40)83-59-53(70-14)50(67-11)47(38(9)78-59)85-58-37(8)35(6)46(41(19-2)81-58)84-60-54(71-15)51(68-12)48(39(10)79-60)86-61-55(72-16)52(69-13)49(42(20-3)82-61)77-31-30-76-29-28-75-27-26-74-25-23-62-43(64)22-21-24-63-44(65)32-33(4)56(63)66/h33-42,45-55,57-61H,18-32H2,1-17H3,(H,62,64)/t33?,34-,35-,36-,37-,38+,39-,40-,41-,42-,45+,46+,47-,48-,49-,50+,51+,52+,53-,54-,55-,57+,58-,59+,60+,61-/m1/s1. The number of carbonyl (C=O) groups excluding carboxylic acids is 3. The molecule has 3 amide bonds. The van der Waals surface area contributed by atoms with Crippen molar-refractivity contribution in [1.82, 2.24) is 10.2 Å². The Bertz CT molecular complexity index is 1980. The zero-order chi connectivity index (χ0) is 62.8. The molecule has 0 aromatic carbocycles. The second kappa shape index (κ2) is 36.2. The molecular formula is C61H108N2O23. The van der Waals surface area contributed by atoms with Crippen LogP contribution in [0.5, 0.6) is 0 Å². The summed E-state index contributed by atoms with van der Waals surface area (Å²) in [6.45, 7) is 23.2. The van der Waals surface area contributed by atoms with Crippen LogP contribution in [0.2, 0.25) is 0 Å². The minimum absolute atomic E-state index is 0.0708. The van der Waals surface area contributed by atoms with Crippen LogP contribution < -0.4 is 5.32 Å². The number of likely N-dealkylation sites (tertiary alicyclic amines) is 1. The highest BCUT2D eigenvalue weighted by Crippen LogP contribution is 2.42. The molecule has 0 spiro atoms. The average Bonchev–Trinajstić information content (AvgIpc) is 1.77. The van der Waals surface area contributed by atoms with Gasteiger partial charge < -0.3 is 100 Å². The summed E-state index contributed by atoms with van der Waals surface area (Å²) in [6.07, 6.45) is -8.86. The van der Waals surface area contributed by atoms with Crippen LogP contribution in [-0.2, 0) is 109 Å². The molecule has 6 saturated heterocycles. The number of imide groups is 1. The molecule has 6 aliphatic heterocycles. The minimum atomic E-state index is -0.894. The van der Waals surface area contributed by atoms with Gasteiger partial charge in [0.15, 0.2) is 31.5 Å². The van der Waals surface area contributed by atoms with Crippen molar-refractivity contribution in [2.75, 3.05) is 109 Å². The Morgan fingerprint density at radius 3 is 1.30 bits per heavy atom. The lowest BCUT2D eigenvalue weighted by molar-refractivity contribution is -0.383. The summed E-state index contributed by atoms with van der Waals surface area (Å²) in [4.78, 5) is 37.4. The summed E-state index contributed by atoms with van der Waals surface area (Å²) in [5.74, 6) is -0.793. The number of methoxy groups -OCH3 is 7. The average molecular weight is 1240 g/mol. The first-order valence-electron chi connectivity index (χ1n) is 31.4. The normalized spacial score (nSPS) is 40.6. The van der Waals surface area contributed by atoms with Crippen LogP contribution in [0.4, 0.5) is 0 Å². The Hall–Kier alpha value is -2.19.